The van der Waals surface area contributed by atoms with Crippen LogP contribution in [-0.2, 0) is 10.8 Å². The van der Waals surface area contributed by atoms with Gasteiger partial charge in [-0.3, -0.25) is 0 Å². The quantitative estimate of drug-likeness (QED) is 0.150. The number of para-hydroxylation sites is 4. The van der Waals surface area contributed by atoms with Crippen LogP contribution < -0.4 is 9.80 Å². The van der Waals surface area contributed by atoms with Crippen molar-refractivity contribution in [3.05, 3.63) is 375 Å². The molecule has 2 aliphatic heterocycles. The molecule has 11 aromatic carbocycles. The predicted octanol–water partition coefficient (Wildman–Crippen LogP) is 20.4. The molecule has 386 valence electrons. The Morgan fingerprint density at radius 3 is 1.21 bits per heavy atom. The van der Waals surface area contributed by atoms with Gasteiger partial charge in [-0.2, -0.15) is 0 Å². The summed E-state index contributed by atoms with van der Waals surface area (Å²) >= 11 is 0. The van der Waals surface area contributed by atoms with Crippen LogP contribution in [0.3, 0.4) is 0 Å². The van der Waals surface area contributed by atoms with Crippen molar-refractivity contribution in [2.75, 3.05) is 9.80 Å². The van der Waals surface area contributed by atoms with Gasteiger partial charge in [-0.1, -0.05) is 267 Å². The van der Waals surface area contributed by atoms with Crippen molar-refractivity contribution in [2.24, 2.45) is 0 Å². The lowest BCUT2D eigenvalue weighted by Gasteiger charge is -2.37. The van der Waals surface area contributed by atoms with E-state index < -0.39 is 10.8 Å². The van der Waals surface area contributed by atoms with Crippen LogP contribution in [0, 0.1) is 0 Å². The van der Waals surface area contributed by atoms with Crippen molar-refractivity contribution < 1.29 is 0 Å². The molecule has 0 fully saturated rings. The fraction of sp³-hybridized carbons (Fsp3) is 0.0500. The largest absolute Gasteiger partial charge is 0.309 e. The van der Waals surface area contributed by atoms with E-state index in [0.717, 1.165) is 34.7 Å². The van der Waals surface area contributed by atoms with Crippen LogP contribution >= 0.6 is 0 Å². The number of hydrogen-bond acceptors (Lipinski definition) is 2. The van der Waals surface area contributed by atoms with E-state index in [-0.39, 0.29) is 5.92 Å². The first-order chi connectivity index (χ1) is 40.7. The van der Waals surface area contributed by atoms with E-state index in [1.807, 2.05) is 0 Å². The Hall–Kier alpha value is -10.3. The lowest BCUT2D eigenvalue weighted by molar-refractivity contribution is 0.691. The second kappa shape index (κ2) is 19.2. The van der Waals surface area contributed by atoms with Gasteiger partial charge in [-0.05, 0) is 156 Å². The molecule has 16 rings (SSSR count). The topological polar surface area (TPSA) is 6.48 Å². The lowest BCUT2D eigenvalue weighted by atomic mass is 9.65. The van der Waals surface area contributed by atoms with Crippen LogP contribution in [0.2, 0.25) is 0 Å². The summed E-state index contributed by atoms with van der Waals surface area (Å²) in [4.78, 5) is 4.93. The molecule has 0 spiro atoms. The maximum absolute atomic E-state index is 2.53. The monoisotopic (exact) mass is 1040 g/mol. The predicted molar refractivity (Wildman–Crippen MR) is 343 cm³/mol. The maximum atomic E-state index is 2.53. The van der Waals surface area contributed by atoms with Crippen LogP contribution in [-0.4, -0.2) is 0 Å². The second-order valence-electron chi connectivity index (χ2n) is 22.3. The SMILES string of the molecule is C(=Cc1ccc2c(c1)C(c1ccccc1)(c1ccccc1)c1cc(N3c4ccccc4C=Cc4ccccc43)ccc1-2)C1=CCC2C(=C1)C(c1ccccc1)(c1ccccc1)c1cc(N3c4ccccc4C=Cc4ccccc43)ccc12. The zero-order chi connectivity index (χ0) is 54.2. The van der Waals surface area contributed by atoms with Crippen molar-refractivity contribution >= 4 is 64.5 Å². The first-order valence-corrected chi connectivity index (χ1v) is 28.7. The molecule has 2 heteroatoms. The van der Waals surface area contributed by atoms with Gasteiger partial charge in [0.2, 0.25) is 0 Å². The molecule has 0 saturated carbocycles. The summed E-state index contributed by atoms with van der Waals surface area (Å²) < 4.78 is 0. The zero-order valence-corrected chi connectivity index (χ0v) is 45.3. The van der Waals surface area contributed by atoms with Crippen LogP contribution in [0.25, 0.3) is 41.5 Å². The third-order valence-electron chi connectivity index (χ3n) is 18.1. The minimum absolute atomic E-state index is 0.195. The molecule has 0 amide bonds. The molecule has 1 atom stereocenters. The maximum Gasteiger partial charge on any atom is 0.0714 e. The van der Waals surface area contributed by atoms with E-state index in [9.17, 15) is 0 Å². The van der Waals surface area contributed by atoms with E-state index in [1.165, 1.54) is 100 Å². The number of fused-ring (bicyclic) bond motifs is 10. The number of benzene rings is 11. The molecular formula is C80H56N2. The molecule has 0 N–H and O–H groups in total. The molecule has 3 aliphatic carbocycles. The number of rotatable bonds is 8. The van der Waals surface area contributed by atoms with Crippen molar-refractivity contribution in [3.8, 4) is 11.1 Å². The first kappa shape index (κ1) is 47.7. The second-order valence-corrected chi connectivity index (χ2v) is 22.3. The minimum Gasteiger partial charge on any atom is -0.309 e. The summed E-state index contributed by atoms with van der Waals surface area (Å²) in [7, 11) is 0. The normalized spacial score (nSPS) is 16.3. The number of nitrogens with zero attached hydrogens (tertiary/aromatic N) is 2. The molecule has 0 saturated heterocycles. The fourth-order valence-electron chi connectivity index (χ4n) is 14.6. The average molecular weight is 1050 g/mol. The van der Waals surface area contributed by atoms with Gasteiger partial charge in [0.1, 0.15) is 0 Å². The Kier molecular flexibility index (Phi) is 11.2. The van der Waals surface area contributed by atoms with Crippen molar-refractivity contribution in [3.63, 3.8) is 0 Å². The number of allylic oxidation sites excluding steroid dienone is 5. The third kappa shape index (κ3) is 7.28. The van der Waals surface area contributed by atoms with Gasteiger partial charge in [0, 0.05) is 17.3 Å². The number of hydrogen-bond donors (Lipinski definition) is 0. The zero-order valence-electron chi connectivity index (χ0n) is 45.3. The average Bonchev–Trinajstić information content (AvgIpc) is 3.86. The smallest absolute Gasteiger partial charge is 0.0714 e. The standard InChI is InChI=1S/C80H56N2/c1-5-25-61(26-6-1)79(62-27-7-2-8-28-62)71-51-55(39-47-67(71)69-49-45-65(53-73(69)79)81-75-33-17-13-21-57(75)41-42-58-22-14-18-34-76(58)81)37-38-56-40-48-68-70-50-46-66(82-77-35-19-15-23-59(77)43-44-60-24-16-20-36-78(60)82)54-74(70)80(72(68)52-56,63-29-9-3-10-30-63)64-31-11-4-12-32-64/h1-47,49-54,68H,48H2. The van der Waals surface area contributed by atoms with Gasteiger partial charge in [-0.25, -0.2) is 0 Å². The Labute approximate surface area is 480 Å². The van der Waals surface area contributed by atoms with E-state index >= 15 is 0 Å². The van der Waals surface area contributed by atoms with Gasteiger partial charge in [0.05, 0.1) is 33.6 Å². The fourth-order valence-corrected chi connectivity index (χ4v) is 14.6. The minimum atomic E-state index is -0.608. The first-order valence-electron chi connectivity index (χ1n) is 28.7. The van der Waals surface area contributed by atoms with Crippen LogP contribution in [0.1, 0.15) is 84.7 Å². The molecule has 11 aromatic rings. The van der Waals surface area contributed by atoms with Crippen LogP contribution in [0.4, 0.5) is 34.1 Å². The Morgan fingerprint density at radius 2 is 0.732 bits per heavy atom. The summed E-state index contributed by atoms with van der Waals surface area (Å²) in [5.74, 6) is 0.195. The van der Waals surface area contributed by atoms with E-state index in [4.69, 9.17) is 0 Å². The summed E-state index contributed by atoms with van der Waals surface area (Å²) in [5.41, 5.74) is 27.2. The molecule has 2 nitrogen and oxygen atoms in total. The molecule has 0 aromatic heterocycles. The molecule has 1 unspecified atom stereocenters. The Morgan fingerprint density at radius 1 is 0.341 bits per heavy atom. The molecule has 2 heterocycles. The van der Waals surface area contributed by atoms with Crippen LogP contribution in [0.5, 0.6) is 0 Å². The molecule has 0 radical (unpaired) electrons. The third-order valence-corrected chi connectivity index (χ3v) is 18.1. The molecule has 5 aliphatic rings. The van der Waals surface area contributed by atoms with Gasteiger partial charge >= 0.3 is 0 Å². The van der Waals surface area contributed by atoms with Crippen molar-refractivity contribution in [1.82, 2.24) is 0 Å². The Bertz CT molecular complexity index is 4300. The van der Waals surface area contributed by atoms with E-state index in [1.54, 1.807) is 0 Å². The van der Waals surface area contributed by atoms with Crippen molar-refractivity contribution in [2.45, 2.75) is 23.2 Å². The lowest BCUT2D eigenvalue weighted by Crippen LogP contribution is -2.30. The van der Waals surface area contributed by atoms with E-state index in [0.29, 0.717) is 0 Å². The van der Waals surface area contributed by atoms with Crippen LogP contribution in [0.15, 0.2) is 302 Å². The highest BCUT2D eigenvalue weighted by molar-refractivity contribution is 5.97. The van der Waals surface area contributed by atoms with Gasteiger partial charge in [-0.15, -0.1) is 0 Å². The van der Waals surface area contributed by atoms with Gasteiger partial charge in [0.25, 0.3) is 0 Å². The van der Waals surface area contributed by atoms with E-state index in [2.05, 4.69) is 331 Å². The Balaban J connectivity index is 0.839. The highest BCUT2D eigenvalue weighted by Gasteiger charge is 2.51. The molecular weight excluding hydrogens is 989 g/mol. The van der Waals surface area contributed by atoms with Crippen molar-refractivity contribution in [1.29, 1.82) is 0 Å². The highest BCUT2D eigenvalue weighted by Crippen LogP contribution is 2.62. The summed E-state index contributed by atoms with van der Waals surface area (Å²) in [5, 5.41) is 0. The molecule has 82 heavy (non-hydrogen) atoms. The summed E-state index contributed by atoms with van der Waals surface area (Å²) in [6.45, 7) is 0. The summed E-state index contributed by atoms with van der Waals surface area (Å²) in [6, 6.07) is 102. The summed E-state index contributed by atoms with van der Waals surface area (Å²) in [6.07, 6.45) is 19.6. The number of anilines is 6. The highest BCUT2D eigenvalue weighted by atomic mass is 15.2. The molecule has 0 bridgehead atoms. The van der Waals surface area contributed by atoms with Gasteiger partial charge < -0.3 is 9.80 Å². The van der Waals surface area contributed by atoms with Gasteiger partial charge in [0.15, 0.2) is 0 Å².